The van der Waals surface area contributed by atoms with Crippen molar-refractivity contribution < 1.29 is 23.9 Å². The average Bonchev–Trinajstić information content (AvgIpc) is 2.64. The Morgan fingerprint density at radius 3 is 2.07 bits per heavy atom. The summed E-state index contributed by atoms with van der Waals surface area (Å²) in [4.78, 5) is 39.3. The van der Waals surface area contributed by atoms with Crippen molar-refractivity contribution >= 4 is 17.9 Å². The lowest BCUT2D eigenvalue weighted by molar-refractivity contribution is -0.140. The number of carbonyl (C=O) groups excluding carboxylic acids is 3. The summed E-state index contributed by atoms with van der Waals surface area (Å²) in [6.45, 7) is 6.84. The Balaban J connectivity index is 1.68. The maximum atomic E-state index is 12.2. The fraction of sp³-hybridized carbons (Fsp3) is 0.526. The highest BCUT2D eigenvalue weighted by Gasteiger charge is 2.25. The Morgan fingerprint density at radius 1 is 0.963 bits per heavy atom. The van der Waals surface area contributed by atoms with Crippen LogP contribution in [0.2, 0.25) is 0 Å². The molecular formula is C19H27N3O5. The van der Waals surface area contributed by atoms with Gasteiger partial charge in [-0.15, -0.1) is 0 Å². The maximum Gasteiger partial charge on any atom is 0.408 e. The number of para-hydroxylation sites is 1. The van der Waals surface area contributed by atoms with E-state index in [4.69, 9.17) is 9.47 Å². The minimum Gasteiger partial charge on any atom is -0.484 e. The Bertz CT molecular complexity index is 649. The topological polar surface area (TPSA) is 88.2 Å². The number of hydrogen-bond acceptors (Lipinski definition) is 5. The monoisotopic (exact) mass is 377 g/mol. The van der Waals surface area contributed by atoms with Gasteiger partial charge in [0.1, 0.15) is 17.9 Å². The molecule has 1 N–H and O–H groups in total. The van der Waals surface area contributed by atoms with E-state index >= 15 is 0 Å². The second-order valence-electron chi connectivity index (χ2n) is 7.22. The lowest BCUT2D eigenvalue weighted by Gasteiger charge is -2.34. The van der Waals surface area contributed by atoms with Crippen molar-refractivity contribution in [2.24, 2.45) is 0 Å². The largest absolute Gasteiger partial charge is 0.484 e. The first-order valence-corrected chi connectivity index (χ1v) is 8.95. The fourth-order valence-corrected chi connectivity index (χ4v) is 2.53. The van der Waals surface area contributed by atoms with Crippen molar-refractivity contribution in [3.63, 3.8) is 0 Å². The molecule has 0 spiro atoms. The van der Waals surface area contributed by atoms with E-state index < -0.39 is 11.7 Å². The van der Waals surface area contributed by atoms with Crippen molar-refractivity contribution in [3.8, 4) is 5.75 Å². The van der Waals surface area contributed by atoms with Crippen LogP contribution in [0.15, 0.2) is 30.3 Å². The third-order valence-electron chi connectivity index (χ3n) is 3.87. The summed E-state index contributed by atoms with van der Waals surface area (Å²) in [5, 5.41) is 2.46. The molecule has 0 bridgehead atoms. The molecule has 27 heavy (non-hydrogen) atoms. The first-order valence-electron chi connectivity index (χ1n) is 8.95. The minimum atomic E-state index is -0.622. The van der Waals surface area contributed by atoms with Crippen LogP contribution in [0.4, 0.5) is 4.79 Å². The molecule has 2 rings (SSSR count). The van der Waals surface area contributed by atoms with Crippen molar-refractivity contribution in [3.05, 3.63) is 30.3 Å². The molecule has 1 heterocycles. The van der Waals surface area contributed by atoms with E-state index in [0.717, 1.165) is 0 Å². The van der Waals surface area contributed by atoms with Gasteiger partial charge in [-0.3, -0.25) is 9.59 Å². The van der Waals surface area contributed by atoms with Gasteiger partial charge in [0.2, 0.25) is 5.91 Å². The summed E-state index contributed by atoms with van der Waals surface area (Å²) in [5.74, 6) is 0.333. The SMILES string of the molecule is CC(C)(C)OC(=O)NCC(=O)N1CCN(C(=O)COc2ccccc2)CC1. The predicted octanol–water partition coefficient (Wildman–Crippen LogP) is 1.26. The molecule has 1 aromatic carbocycles. The second-order valence-corrected chi connectivity index (χ2v) is 7.22. The summed E-state index contributed by atoms with van der Waals surface area (Å²) < 4.78 is 10.6. The molecule has 3 amide bonds. The van der Waals surface area contributed by atoms with E-state index in [-0.39, 0.29) is 25.0 Å². The lowest BCUT2D eigenvalue weighted by Crippen LogP contribution is -2.53. The molecule has 1 saturated heterocycles. The number of piperazine rings is 1. The van der Waals surface area contributed by atoms with E-state index in [2.05, 4.69) is 5.32 Å². The predicted molar refractivity (Wildman–Crippen MR) is 99.3 cm³/mol. The normalized spacial score (nSPS) is 14.5. The Morgan fingerprint density at radius 2 is 1.52 bits per heavy atom. The average molecular weight is 377 g/mol. The van der Waals surface area contributed by atoms with Crippen molar-refractivity contribution in [1.82, 2.24) is 15.1 Å². The molecule has 0 saturated carbocycles. The number of benzene rings is 1. The van der Waals surface area contributed by atoms with Gasteiger partial charge in [0.25, 0.3) is 5.91 Å². The lowest BCUT2D eigenvalue weighted by atomic mass is 10.2. The third kappa shape index (κ3) is 7.16. The van der Waals surface area contributed by atoms with Gasteiger partial charge in [0.05, 0.1) is 0 Å². The molecular weight excluding hydrogens is 350 g/mol. The van der Waals surface area contributed by atoms with Crippen molar-refractivity contribution in [2.75, 3.05) is 39.3 Å². The molecule has 0 radical (unpaired) electrons. The molecule has 0 aliphatic carbocycles. The first kappa shape index (κ1) is 20.5. The molecule has 8 heteroatoms. The van der Waals surface area contributed by atoms with E-state index in [1.165, 1.54) is 0 Å². The van der Waals surface area contributed by atoms with Gasteiger partial charge in [-0.25, -0.2) is 4.79 Å². The van der Waals surface area contributed by atoms with Crippen molar-refractivity contribution in [2.45, 2.75) is 26.4 Å². The highest BCUT2D eigenvalue weighted by molar-refractivity contribution is 5.83. The van der Waals surface area contributed by atoms with Gasteiger partial charge in [-0.1, -0.05) is 18.2 Å². The summed E-state index contributed by atoms with van der Waals surface area (Å²) >= 11 is 0. The van der Waals surface area contributed by atoms with E-state index in [9.17, 15) is 14.4 Å². The summed E-state index contributed by atoms with van der Waals surface area (Å²) in [7, 11) is 0. The number of hydrogen-bond donors (Lipinski definition) is 1. The van der Waals surface area contributed by atoms with Crippen LogP contribution in [-0.2, 0) is 14.3 Å². The number of nitrogens with zero attached hydrogens (tertiary/aromatic N) is 2. The molecule has 148 valence electrons. The number of amides is 3. The van der Waals surface area contributed by atoms with E-state index in [0.29, 0.717) is 31.9 Å². The van der Waals surface area contributed by atoms with Crippen molar-refractivity contribution in [1.29, 1.82) is 0 Å². The van der Waals surface area contributed by atoms with Crippen LogP contribution >= 0.6 is 0 Å². The quantitative estimate of drug-likeness (QED) is 0.835. The number of alkyl carbamates (subject to hydrolysis) is 1. The zero-order valence-corrected chi connectivity index (χ0v) is 16.1. The zero-order chi connectivity index (χ0) is 19.9. The van der Waals surface area contributed by atoms with Crippen LogP contribution in [0.25, 0.3) is 0 Å². The van der Waals surface area contributed by atoms with Gasteiger partial charge in [0, 0.05) is 26.2 Å². The Hall–Kier alpha value is -2.77. The van der Waals surface area contributed by atoms with Crippen LogP contribution in [0.5, 0.6) is 5.75 Å². The molecule has 0 atom stereocenters. The number of carbonyl (C=O) groups is 3. The Kier molecular flexibility index (Phi) is 7.04. The molecule has 1 aliphatic rings. The summed E-state index contributed by atoms with van der Waals surface area (Å²) in [6, 6.07) is 9.15. The van der Waals surface area contributed by atoms with Gasteiger partial charge < -0.3 is 24.6 Å². The number of rotatable bonds is 5. The van der Waals surface area contributed by atoms with E-state index in [1.54, 1.807) is 42.7 Å². The van der Waals surface area contributed by atoms with Crippen LogP contribution in [0.1, 0.15) is 20.8 Å². The van der Waals surface area contributed by atoms with Crippen LogP contribution < -0.4 is 10.1 Å². The molecule has 0 unspecified atom stereocenters. The smallest absolute Gasteiger partial charge is 0.408 e. The van der Waals surface area contributed by atoms with Crippen LogP contribution in [0.3, 0.4) is 0 Å². The highest BCUT2D eigenvalue weighted by atomic mass is 16.6. The summed E-state index contributed by atoms with van der Waals surface area (Å²) in [6.07, 6.45) is -0.622. The fourth-order valence-electron chi connectivity index (χ4n) is 2.53. The first-order chi connectivity index (χ1) is 12.7. The van der Waals surface area contributed by atoms with E-state index in [1.807, 2.05) is 18.2 Å². The van der Waals surface area contributed by atoms with Gasteiger partial charge in [-0.2, -0.15) is 0 Å². The molecule has 1 fully saturated rings. The minimum absolute atomic E-state index is 0.0296. The second kappa shape index (κ2) is 9.25. The molecule has 1 aromatic rings. The standard InChI is InChI=1S/C19H27N3O5/c1-19(2,3)27-18(25)20-13-16(23)21-9-11-22(12-10-21)17(24)14-26-15-7-5-4-6-8-15/h4-8H,9-14H2,1-3H3,(H,20,25). The zero-order valence-electron chi connectivity index (χ0n) is 16.1. The van der Waals surface area contributed by atoms with Gasteiger partial charge in [0.15, 0.2) is 6.61 Å². The van der Waals surface area contributed by atoms with Crippen LogP contribution in [-0.4, -0.2) is 72.6 Å². The number of ether oxygens (including phenoxy) is 2. The molecule has 0 aromatic heterocycles. The molecule has 8 nitrogen and oxygen atoms in total. The third-order valence-corrected chi connectivity index (χ3v) is 3.87. The number of nitrogens with one attached hydrogen (secondary N) is 1. The van der Waals surface area contributed by atoms with Gasteiger partial charge in [-0.05, 0) is 32.9 Å². The molecule has 1 aliphatic heterocycles. The van der Waals surface area contributed by atoms with Crippen LogP contribution in [0, 0.1) is 0 Å². The summed E-state index contributed by atoms with van der Waals surface area (Å²) in [5.41, 5.74) is -0.610. The Labute approximate surface area is 159 Å². The highest BCUT2D eigenvalue weighted by Crippen LogP contribution is 2.09. The van der Waals surface area contributed by atoms with Gasteiger partial charge >= 0.3 is 6.09 Å². The maximum absolute atomic E-state index is 12.2.